The van der Waals surface area contributed by atoms with Gasteiger partial charge in [0.15, 0.2) is 5.43 Å². The molecule has 7 heteroatoms. The van der Waals surface area contributed by atoms with Gasteiger partial charge in [0.05, 0.1) is 11.0 Å². The monoisotopic (exact) mass is 603 g/mol. The van der Waals surface area contributed by atoms with Crippen LogP contribution in [0.1, 0.15) is 97.0 Å². The lowest BCUT2D eigenvalue weighted by Gasteiger charge is -2.45. The van der Waals surface area contributed by atoms with Gasteiger partial charge in [0, 0.05) is 48.5 Å². The molecule has 7 nitrogen and oxygen atoms in total. The van der Waals surface area contributed by atoms with Gasteiger partial charge in [-0.3, -0.25) is 14.5 Å². The Hall–Kier alpha value is -3.71. The van der Waals surface area contributed by atoms with E-state index < -0.39 is 0 Å². The SMILES string of the molecule is Cc1nc2ccccc2n1C1C[C@H]2CC[C@@H](C1)N2CCC1(c2ccccc2)CCN(C(=O)c2cc(=O)c3c([nH]2)CCCC3)CC1. The largest absolute Gasteiger partial charge is 0.354 e. The number of hydrogen-bond donors (Lipinski definition) is 1. The summed E-state index contributed by atoms with van der Waals surface area (Å²) in [7, 11) is 0. The Balaban J connectivity index is 0.977. The molecule has 1 aliphatic carbocycles. The molecule has 3 atom stereocenters. The first kappa shape index (κ1) is 28.7. The lowest BCUT2D eigenvalue weighted by atomic mass is 9.70. The van der Waals surface area contributed by atoms with Crippen LogP contribution in [0, 0.1) is 6.92 Å². The number of fused-ring (bicyclic) bond motifs is 4. The molecule has 2 bridgehead atoms. The average Bonchev–Trinajstić information content (AvgIpc) is 3.54. The fourth-order valence-electron chi connectivity index (χ4n) is 9.42. The van der Waals surface area contributed by atoms with Crippen molar-refractivity contribution in [1.29, 1.82) is 0 Å². The number of pyridine rings is 1. The van der Waals surface area contributed by atoms with Crippen LogP contribution in [0.25, 0.3) is 11.0 Å². The third kappa shape index (κ3) is 5.13. The molecule has 5 heterocycles. The van der Waals surface area contributed by atoms with E-state index >= 15 is 0 Å². The molecule has 1 unspecified atom stereocenters. The summed E-state index contributed by atoms with van der Waals surface area (Å²) >= 11 is 0. The third-order valence-electron chi connectivity index (χ3n) is 11.8. The molecule has 4 aromatic rings. The minimum atomic E-state index is -0.0235. The standard InChI is InChI=1S/C38H45N5O2/c1-26-39-33-13-7-8-14-35(33)43(26)30-23-28-15-16-29(24-30)42(28)22-19-38(27-9-3-2-4-10-27)17-20-41(21-18-38)37(45)34-25-36(44)31-11-5-6-12-32(31)40-34/h2-4,7-10,13-14,25,28-30H,5-6,11-12,15-24H2,1H3,(H,40,44)/t28-,29+,30?. The highest BCUT2D eigenvalue weighted by atomic mass is 16.2. The van der Waals surface area contributed by atoms with Gasteiger partial charge in [0.25, 0.3) is 5.91 Å². The number of para-hydroxylation sites is 2. The van der Waals surface area contributed by atoms with Gasteiger partial charge in [-0.2, -0.15) is 0 Å². The number of piperidine rings is 2. The third-order valence-corrected chi connectivity index (χ3v) is 11.8. The number of nitrogens with one attached hydrogen (secondary N) is 1. The van der Waals surface area contributed by atoms with E-state index in [1.807, 2.05) is 4.90 Å². The van der Waals surface area contributed by atoms with E-state index in [0.717, 1.165) is 87.2 Å². The summed E-state index contributed by atoms with van der Waals surface area (Å²) in [5, 5.41) is 0. The fourth-order valence-corrected chi connectivity index (χ4v) is 9.42. The van der Waals surface area contributed by atoms with E-state index in [0.29, 0.717) is 23.8 Å². The highest BCUT2D eigenvalue weighted by molar-refractivity contribution is 5.92. The first-order valence-electron chi connectivity index (χ1n) is 17.3. The van der Waals surface area contributed by atoms with E-state index in [4.69, 9.17) is 4.98 Å². The molecule has 2 aromatic carbocycles. The predicted octanol–water partition coefficient (Wildman–Crippen LogP) is 6.34. The topological polar surface area (TPSA) is 74.2 Å². The number of benzene rings is 2. The summed E-state index contributed by atoms with van der Waals surface area (Å²) in [5.41, 5.74) is 6.18. The van der Waals surface area contributed by atoms with Crippen LogP contribution in [-0.2, 0) is 18.3 Å². The van der Waals surface area contributed by atoms with Crippen molar-refractivity contribution in [2.75, 3.05) is 19.6 Å². The second kappa shape index (κ2) is 11.6. The molecule has 8 rings (SSSR count). The van der Waals surface area contributed by atoms with Crippen LogP contribution >= 0.6 is 0 Å². The number of imidazole rings is 1. The molecule has 0 radical (unpaired) electrons. The highest BCUT2D eigenvalue weighted by Crippen LogP contribution is 2.45. The molecule has 1 N–H and O–H groups in total. The van der Waals surface area contributed by atoms with Gasteiger partial charge in [0.2, 0.25) is 0 Å². The van der Waals surface area contributed by atoms with Crippen molar-refractivity contribution in [3.05, 3.63) is 99.2 Å². The average molecular weight is 604 g/mol. The van der Waals surface area contributed by atoms with Gasteiger partial charge >= 0.3 is 0 Å². The predicted molar refractivity (Wildman–Crippen MR) is 178 cm³/mol. The zero-order valence-corrected chi connectivity index (χ0v) is 26.5. The summed E-state index contributed by atoms with van der Waals surface area (Å²) in [4.78, 5) is 39.5. The van der Waals surface area contributed by atoms with Crippen molar-refractivity contribution >= 4 is 16.9 Å². The van der Waals surface area contributed by atoms with Crippen LogP contribution in [0.4, 0.5) is 0 Å². The number of carbonyl (C=O) groups is 1. The smallest absolute Gasteiger partial charge is 0.270 e. The van der Waals surface area contributed by atoms with Gasteiger partial charge in [0.1, 0.15) is 11.5 Å². The lowest BCUT2D eigenvalue weighted by Crippen LogP contribution is -2.49. The van der Waals surface area contributed by atoms with Crippen molar-refractivity contribution in [2.45, 2.75) is 101 Å². The molecule has 4 aliphatic rings. The Morgan fingerprint density at radius 2 is 1.64 bits per heavy atom. The number of aromatic amines is 1. The second-order valence-electron chi connectivity index (χ2n) is 14.2. The molecular formula is C38H45N5O2. The fraction of sp³-hybridized carbons (Fsp3) is 0.500. The number of nitrogens with zero attached hydrogens (tertiary/aromatic N) is 4. The molecule has 45 heavy (non-hydrogen) atoms. The van der Waals surface area contributed by atoms with Gasteiger partial charge in [-0.05, 0) is 107 Å². The summed E-state index contributed by atoms with van der Waals surface area (Å²) in [5.74, 6) is 1.11. The second-order valence-corrected chi connectivity index (χ2v) is 14.2. The minimum Gasteiger partial charge on any atom is -0.354 e. The van der Waals surface area contributed by atoms with Crippen LogP contribution in [0.5, 0.6) is 0 Å². The van der Waals surface area contributed by atoms with Crippen LogP contribution in [0.3, 0.4) is 0 Å². The maximum Gasteiger partial charge on any atom is 0.270 e. The number of carbonyl (C=O) groups excluding carboxylic acids is 1. The Bertz CT molecular complexity index is 1750. The number of aryl methyl sites for hydroxylation is 2. The van der Waals surface area contributed by atoms with Gasteiger partial charge in [-0.1, -0.05) is 42.5 Å². The number of aromatic nitrogens is 3. The maximum absolute atomic E-state index is 13.7. The van der Waals surface area contributed by atoms with E-state index in [2.05, 4.69) is 76.0 Å². The molecule has 3 fully saturated rings. The van der Waals surface area contributed by atoms with E-state index in [1.54, 1.807) is 6.07 Å². The van der Waals surface area contributed by atoms with Crippen molar-refractivity contribution in [2.24, 2.45) is 0 Å². The van der Waals surface area contributed by atoms with E-state index in [1.165, 1.54) is 36.8 Å². The van der Waals surface area contributed by atoms with Crippen molar-refractivity contribution in [3.8, 4) is 0 Å². The number of hydrogen-bond acceptors (Lipinski definition) is 4. The van der Waals surface area contributed by atoms with Crippen molar-refractivity contribution in [1.82, 2.24) is 24.3 Å². The normalized spacial score (nSPS) is 24.6. The zero-order valence-electron chi connectivity index (χ0n) is 26.5. The highest BCUT2D eigenvalue weighted by Gasteiger charge is 2.44. The number of rotatable bonds is 6. The Morgan fingerprint density at radius 1 is 0.933 bits per heavy atom. The summed E-state index contributed by atoms with van der Waals surface area (Å²) < 4.78 is 2.52. The molecule has 2 aromatic heterocycles. The Labute approximate surface area is 265 Å². The van der Waals surface area contributed by atoms with E-state index in [9.17, 15) is 9.59 Å². The first-order valence-corrected chi connectivity index (χ1v) is 17.3. The van der Waals surface area contributed by atoms with Gasteiger partial charge in [-0.15, -0.1) is 0 Å². The van der Waals surface area contributed by atoms with Crippen LogP contribution in [-0.4, -0.2) is 62.0 Å². The van der Waals surface area contributed by atoms with Crippen LogP contribution in [0.15, 0.2) is 65.5 Å². The maximum atomic E-state index is 13.7. The number of H-pyrrole nitrogens is 1. The lowest BCUT2D eigenvalue weighted by molar-refractivity contribution is 0.0601. The molecular weight excluding hydrogens is 558 g/mol. The van der Waals surface area contributed by atoms with Gasteiger partial charge < -0.3 is 14.5 Å². The summed E-state index contributed by atoms with van der Waals surface area (Å²) in [6.07, 6.45) is 11.8. The molecule has 234 valence electrons. The van der Waals surface area contributed by atoms with Crippen LogP contribution < -0.4 is 5.43 Å². The van der Waals surface area contributed by atoms with E-state index in [-0.39, 0.29) is 16.8 Å². The van der Waals surface area contributed by atoms with Crippen LogP contribution in [0.2, 0.25) is 0 Å². The number of amides is 1. The van der Waals surface area contributed by atoms with Crippen molar-refractivity contribution < 1.29 is 4.79 Å². The quantitative estimate of drug-likeness (QED) is 0.279. The molecule has 0 saturated carbocycles. The zero-order chi connectivity index (χ0) is 30.5. The molecule has 3 saturated heterocycles. The van der Waals surface area contributed by atoms with Gasteiger partial charge in [-0.25, -0.2) is 4.98 Å². The summed E-state index contributed by atoms with van der Waals surface area (Å²) in [6, 6.07) is 22.9. The number of likely N-dealkylation sites (tertiary alicyclic amines) is 1. The Morgan fingerprint density at radius 3 is 2.42 bits per heavy atom. The molecule has 3 aliphatic heterocycles. The van der Waals surface area contributed by atoms with Crippen molar-refractivity contribution in [3.63, 3.8) is 0 Å². The Kier molecular flexibility index (Phi) is 7.40. The minimum absolute atomic E-state index is 0.0235. The first-order chi connectivity index (χ1) is 22.0. The summed E-state index contributed by atoms with van der Waals surface area (Å²) in [6.45, 7) is 4.70. The molecule has 0 spiro atoms. The molecule has 1 amide bonds.